The van der Waals surface area contributed by atoms with Gasteiger partial charge in [0.2, 0.25) is 0 Å². The SMILES string of the molecule is C/C=C\C1CCCCN1c1ccccc1. The Hall–Kier alpha value is -1.24. The molecule has 0 aromatic heterocycles. The predicted molar refractivity (Wildman–Crippen MR) is 66.2 cm³/mol. The molecule has 0 radical (unpaired) electrons. The molecule has 1 atom stereocenters. The average Bonchev–Trinajstić information content (AvgIpc) is 2.31. The van der Waals surface area contributed by atoms with E-state index in [2.05, 4.69) is 54.3 Å². The van der Waals surface area contributed by atoms with Crippen LogP contribution < -0.4 is 4.90 Å². The number of hydrogen-bond acceptors (Lipinski definition) is 1. The second kappa shape index (κ2) is 5.01. The van der Waals surface area contributed by atoms with Crippen molar-refractivity contribution in [2.24, 2.45) is 0 Å². The second-order valence-electron chi connectivity index (χ2n) is 4.12. The first-order valence-electron chi connectivity index (χ1n) is 5.86. The van der Waals surface area contributed by atoms with Crippen molar-refractivity contribution < 1.29 is 0 Å². The summed E-state index contributed by atoms with van der Waals surface area (Å²) < 4.78 is 0. The van der Waals surface area contributed by atoms with Crippen molar-refractivity contribution in [1.82, 2.24) is 0 Å². The monoisotopic (exact) mass is 201 g/mol. The van der Waals surface area contributed by atoms with Gasteiger partial charge in [-0.25, -0.2) is 0 Å². The fraction of sp³-hybridized carbons (Fsp3) is 0.429. The highest BCUT2D eigenvalue weighted by Gasteiger charge is 2.19. The molecule has 1 aromatic carbocycles. The quantitative estimate of drug-likeness (QED) is 0.660. The van der Waals surface area contributed by atoms with Crippen LogP contribution >= 0.6 is 0 Å². The van der Waals surface area contributed by atoms with Crippen molar-refractivity contribution >= 4 is 5.69 Å². The Bertz CT molecular complexity index is 315. The molecule has 1 aliphatic heterocycles. The molecule has 0 aliphatic carbocycles. The van der Waals surface area contributed by atoms with Gasteiger partial charge >= 0.3 is 0 Å². The minimum atomic E-state index is 0.603. The van der Waals surface area contributed by atoms with Gasteiger partial charge < -0.3 is 4.90 Å². The number of anilines is 1. The summed E-state index contributed by atoms with van der Waals surface area (Å²) in [4.78, 5) is 2.52. The molecule has 1 heterocycles. The molecule has 1 heteroatoms. The molecule has 1 fully saturated rings. The first kappa shape index (κ1) is 10.3. The molecule has 0 spiro atoms. The molecule has 1 aromatic rings. The van der Waals surface area contributed by atoms with E-state index in [0.717, 1.165) is 0 Å². The van der Waals surface area contributed by atoms with Crippen LogP contribution in [0, 0.1) is 0 Å². The number of rotatable bonds is 2. The number of benzene rings is 1. The first-order valence-corrected chi connectivity index (χ1v) is 5.86. The molecular formula is C14H19N. The smallest absolute Gasteiger partial charge is 0.0472 e. The van der Waals surface area contributed by atoms with E-state index in [4.69, 9.17) is 0 Å². The van der Waals surface area contributed by atoms with Crippen LogP contribution in [0.2, 0.25) is 0 Å². The lowest BCUT2D eigenvalue weighted by molar-refractivity contribution is 0.514. The predicted octanol–water partition coefficient (Wildman–Crippen LogP) is 3.62. The molecule has 80 valence electrons. The van der Waals surface area contributed by atoms with Crippen molar-refractivity contribution in [1.29, 1.82) is 0 Å². The number of allylic oxidation sites excluding steroid dienone is 1. The zero-order valence-corrected chi connectivity index (χ0v) is 9.39. The van der Waals surface area contributed by atoms with E-state index in [1.807, 2.05) is 0 Å². The third kappa shape index (κ3) is 2.41. The topological polar surface area (TPSA) is 3.24 Å². The van der Waals surface area contributed by atoms with Crippen LogP contribution in [0.15, 0.2) is 42.5 Å². The van der Waals surface area contributed by atoms with E-state index in [1.165, 1.54) is 31.5 Å². The zero-order chi connectivity index (χ0) is 10.5. The summed E-state index contributed by atoms with van der Waals surface area (Å²) >= 11 is 0. The van der Waals surface area contributed by atoms with Gasteiger partial charge in [0, 0.05) is 18.3 Å². The highest BCUT2D eigenvalue weighted by molar-refractivity contribution is 5.48. The third-order valence-corrected chi connectivity index (χ3v) is 3.05. The molecule has 0 bridgehead atoms. The highest BCUT2D eigenvalue weighted by atomic mass is 15.2. The van der Waals surface area contributed by atoms with Crippen LogP contribution in [0.25, 0.3) is 0 Å². The largest absolute Gasteiger partial charge is 0.365 e. The minimum Gasteiger partial charge on any atom is -0.365 e. The number of para-hydroxylation sites is 1. The van der Waals surface area contributed by atoms with E-state index in [-0.39, 0.29) is 0 Å². The summed E-state index contributed by atoms with van der Waals surface area (Å²) in [6.07, 6.45) is 8.47. The maximum absolute atomic E-state index is 2.52. The Kier molecular flexibility index (Phi) is 3.44. The maximum Gasteiger partial charge on any atom is 0.0472 e. The molecule has 2 rings (SSSR count). The molecule has 1 aliphatic rings. The minimum absolute atomic E-state index is 0.603. The Labute approximate surface area is 92.4 Å². The van der Waals surface area contributed by atoms with E-state index >= 15 is 0 Å². The van der Waals surface area contributed by atoms with E-state index in [9.17, 15) is 0 Å². The van der Waals surface area contributed by atoms with Crippen LogP contribution in [0.5, 0.6) is 0 Å². The summed E-state index contributed by atoms with van der Waals surface area (Å²) in [6, 6.07) is 11.3. The summed E-state index contributed by atoms with van der Waals surface area (Å²) in [6.45, 7) is 3.30. The molecule has 1 saturated heterocycles. The van der Waals surface area contributed by atoms with Crippen molar-refractivity contribution in [3.63, 3.8) is 0 Å². The van der Waals surface area contributed by atoms with Crippen LogP contribution in [-0.2, 0) is 0 Å². The molecule has 1 nitrogen and oxygen atoms in total. The van der Waals surface area contributed by atoms with Gasteiger partial charge in [-0.2, -0.15) is 0 Å². The van der Waals surface area contributed by atoms with Gasteiger partial charge in [0.1, 0.15) is 0 Å². The molecule has 1 unspecified atom stereocenters. The summed E-state index contributed by atoms with van der Waals surface area (Å²) in [5, 5.41) is 0. The Morgan fingerprint density at radius 3 is 2.73 bits per heavy atom. The molecule has 0 N–H and O–H groups in total. The zero-order valence-electron chi connectivity index (χ0n) is 9.39. The van der Waals surface area contributed by atoms with Crippen LogP contribution in [0.1, 0.15) is 26.2 Å². The van der Waals surface area contributed by atoms with Crippen molar-refractivity contribution in [2.45, 2.75) is 32.2 Å². The second-order valence-corrected chi connectivity index (χ2v) is 4.12. The molecule has 0 saturated carbocycles. The lowest BCUT2D eigenvalue weighted by Gasteiger charge is -2.36. The molecular weight excluding hydrogens is 182 g/mol. The van der Waals surface area contributed by atoms with Gasteiger partial charge in [-0.05, 0) is 38.3 Å². The lowest BCUT2D eigenvalue weighted by atomic mass is 10.0. The summed E-state index contributed by atoms with van der Waals surface area (Å²) in [7, 11) is 0. The van der Waals surface area contributed by atoms with E-state index in [1.54, 1.807) is 0 Å². The number of piperidine rings is 1. The van der Waals surface area contributed by atoms with Crippen molar-refractivity contribution in [3.8, 4) is 0 Å². The van der Waals surface area contributed by atoms with Gasteiger partial charge in [-0.15, -0.1) is 0 Å². The van der Waals surface area contributed by atoms with Crippen LogP contribution in [0.3, 0.4) is 0 Å². The van der Waals surface area contributed by atoms with Gasteiger partial charge in [-0.1, -0.05) is 30.4 Å². The van der Waals surface area contributed by atoms with Gasteiger partial charge in [0.05, 0.1) is 0 Å². The number of hydrogen-bond donors (Lipinski definition) is 0. The Balaban J connectivity index is 2.18. The maximum atomic E-state index is 2.52. The van der Waals surface area contributed by atoms with Crippen LogP contribution in [0.4, 0.5) is 5.69 Å². The van der Waals surface area contributed by atoms with Gasteiger partial charge in [0.25, 0.3) is 0 Å². The first-order chi connectivity index (χ1) is 7.42. The lowest BCUT2D eigenvalue weighted by Crippen LogP contribution is -2.38. The fourth-order valence-electron chi connectivity index (χ4n) is 2.32. The van der Waals surface area contributed by atoms with Crippen molar-refractivity contribution in [2.75, 3.05) is 11.4 Å². The molecule has 15 heavy (non-hydrogen) atoms. The standard InChI is InChI=1S/C14H19N/c1-2-8-13-11-6-7-12-15(13)14-9-4-3-5-10-14/h2-5,8-10,13H,6-7,11-12H2,1H3/b8-2-. The third-order valence-electron chi connectivity index (χ3n) is 3.05. The van der Waals surface area contributed by atoms with E-state index < -0.39 is 0 Å². The highest BCUT2D eigenvalue weighted by Crippen LogP contribution is 2.24. The summed E-state index contributed by atoms with van der Waals surface area (Å²) in [5.74, 6) is 0. The Morgan fingerprint density at radius 1 is 1.20 bits per heavy atom. The number of nitrogens with zero attached hydrogens (tertiary/aromatic N) is 1. The van der Waals surface area contributed by atoms with Crippen molar-refractivity contribution in [3.05, 3.63) is 42.5 Å². The summed E-state index contributed by atoms with van der Waals surface area (Å²) in [5.41, 5.74) is 1.36. The van der Waals surface area contributed by atoms with Crippen LogP contribution in [-0.4, -0.2) is 12.6 Å². The Morgan fingerprint density at radius 2 is 2.00 bits per heavy atom. The fourth-order valence-corrected chi connectivity index (χ4v) is 2.32. The van der Waals surface area contributed by atoms with Gasteiger partial charge in [-0.3, -0.25) is 0 Å². The normalized spacial score (nSPS) is 22.2. The van der Waals surface area contributed by atoms with E-state index in [0.29, 0.717) is 6.04 Å². The van der Waals surface area contributed by atoms with Gasteiger partial charge in [0.15, 0.2) is 0 Å². The molecule has 0 amide bonds. The average molecular weight is 201 g/mol.